The summed E-state index contributed by atoms with van der Waals surface area (Å²) < 4.78 is 6.67. The van der Waals surface area contributed by atoms with E-state index >= 15 is 0 Å². The molecule has 2 aromatic rings. The minimum absolute atomic E-state index is 0.657. The summed E-state index contributed by atoms with van der Waals surface area (Å²) in [4.78, 5) is 5.26. The van der Waals surface area contributed by atoms with Crippen molar-refractivity contribution in [2.45, 2.75) is 0 Å². The zero-order chi connectivity index (χ0) is 12.4. The summed E-state index contributed by atoms with van der Waals surface area (Å²) in [5.74, 6) is 0.838. The van der Waals surface area contributed by atoms with Gasteiger partial charge in [0.1, 0.15) is 12.4 Å². The maximum absolute atomic E-state index is 6.03. The first-order chi connectivity index (χ1) is 8.08. The molecular formula is C12H14BrClN2O. The second-order valence-electron chi connectivity index (χ2n) is 4.11. The van der Waals surface area contributed by atoms with Crippen molar-refractivity contribution in [1.29, 1.82) is 0 Å². The highest BCUT2D eigenvalue weighted by Crippen LogP contribution is 2.33. The summed E-state index contributed by atoms with van der Waals surface area (Å²) in [5.41, 5.74) is 1.01. The van der Waals surface area contributed by atoms with Crippen molar-refractivity contribution in [3.63, 3.8) is 0 Å². The lowest BCUT2D eigenvalue weighted by Gasteiger charge is -2.10. The molecule has 0 aliphatic carbocycles. The molecule has 3 nitrogen and oxygen atoms in total. The predicted octanol–water partition coefficient (Wildman–Crippen LogP) is 3.52. The highest BCUT2D eigenvalue weighted by Gasteiger charge is 2.09. The molecule has 0 aliphatic heterocycles. The zero-order valence-corrected chi connectivity index (χ0v) is 12.1. The van der Waals surface area contributed by atoms with Gasteiger partial charge in [-0.15, -0.1) is 0 Å². The van der Waals surface area contributed by atoms with E-state index in [-0.39, 0.29) is 0 Å². The average Bonchev–Trinajstić information content (AvgIpc) is 2.61. The van der Waals surface area contributed by atoms with E-state index in [1.54, 1.807) is 0 Å². The third kappa shape index (κ3) is 2.94. The molecule has 1 aromatic heterocycles. The molecule has 0 fully saturated rings. The topological polar surface area (TPSA) is 28.3 Å². The van der Waals surface area contributed by atoms with E-state index in [4.69, 9.17) is 16.3 Å². The molecule has 2 rings (SSSR count). The van der Waals surface area contributed by atoms with Crippen LogP contribution in [-0.4, -0.2) is 37.1 Å². The maximum atomic E-state index is 6.03. The van der Waals surface area contributed by atoms with Gasteiger partial charge in [0.25, 0.3) is 0 Å². The Labute approximate surface area is 114 Å². The molecule has 1 heterocycles. The van der Waals surface area contributed by atoms with Gasteiger partial charge < -0.3 is 14.6 Å². The van der Waals surface area contributed by atoms with Crippen LogP contribution in [0.15, 0.2) is 22.8 Å². The molecular weight excluding hydrogens is 304 g/mol. The smallest absolute Gasteiger partial charge is 0.144 e. The molecule has 0 bridgehead atoms. The Morgan fingerprint density at radius 2 is 2.18 bits per heavy atom. The first-order valence-corrected chi connectivity index (χ1v) is 6.48. The van der Waals surface area contributed by atoms with Crippen LogP contribution in [0.3, 0.4) is 0 Å². The Balaban J connectivity index is 2.23. The standard InChI is InChI=1S/C12H14BrClN2O/c1-16(2)3-4-17-11-7-15-12-9(11)5-8(14)6-10(12)13/h5-7,15H,3-4H2,1-2H3. The number of nitrogens with zero attached hydrogens (tertiary/aromatic N) is 1. The van der Waals surface area contributed by atoms with E-state index in [2.05, 4.69) is 25.8 Å². The zero-order valence-electron chi connectivity index (χ0n) is 9.76. The Morgan fingerprint density at radius 1 is 1.41 bits per heavy atom. The Kier molecular flexibility index (Phi) is 3.97. The highest BCUT2D eigenvalue weighted by atomic mass is 79.9. The van der Waals surface area contributed by atoms with Gasteiger partial charge in [0.15, 0.2) is 0 Å². The van der Waals surface area contributed by atoms with Crippen molar-refractivity contribution in [2.24, 2.45) is 0 Å². The van der Waals surface area contributed by atoms with Crippen LogP contribution in [0.25, 0.3) is 10.9 Å². The quantitative estimate of drug-likeness (QED) is 0.934. The molecule has 0 amide bonds. The van der Waals surface area contributed by atoms with Gasteiger partial charge >= 0.3 is 0 Å². The monoisotopic (exact) mass is 316 g/mol. The number of hydrogen-bond donors (Lipinski definition) is 1. The number of halogens is 2. The van der Waals surface area contributed by atoms with Gasteiger partial charge in [0.2, 0.25) is 0 Å². The molecule has 5 heteroatoms. The van der Waals surface area contributed by atoms with Gasteiger partial charge in [-0.1, -0.05) is 11.6 Å². The van der Waals surface area contributed by atoms with Crippen molar-refractivity contribution >= 4 is 38.4 Å². The number of nitrogens with one attached hydrogen (secondary N) is 1. The second kappa shape index (κ2) is 5.29. The third-order valence-corrected chi connectivity index (χ3v) is 3.31. The summed E-state index contributed by atoms with van der Waals surface area (Å²) in [6.45, 7) is 1.54. The van der Waals surface area contributed by atoms with Gasteiger partial charge in [0.05, 0.1) is 5.52 Å². The van der Waals surface area contributed by atoms with Gasteiger partial charge in [-0.2, -0.15) is 0 Å². The van der Waals surface area contributed by atoms with Crippen LogP contribution in [-0.2, 0) is 0 Å². The molecule has 0 unspecified atom stereocenters. The van der Waals surface area contributed by atoms with Gasteiger partial charge in [-0.25, -0.2) is 0 Å². The SMILES string of the molecule is CN(C)CCOc1c[nH]c2c(Br)cc(Cl)cc12. The van der Waals surface area contributed by atoms with Crippen molar-refractivity contribution in [3.05, 3.63) is 27.8 Å². The molecule has 1 N–H and O–H groups in total. The second-order valence-corrected chi connectivity index (χ2v) is 5.41. The van der Waals surface area contributed by atoms with Crippen LogP contribution in [0.1, 0.15) is 0 Å². The summed E-state index contributed by atoms with van der Waals surface area (Å²) in [6.07, 6.45) is 1.86. The summed E-state index contributed by atoms with van der Waals surface area (Å²) in [7, 11) is 4.04. The number of H-pyrrole nitrogens is 1. The lowest BCUT2D eigenvalue weighted by molar-refractivity contribution is 0.263. The van der Waals surface area contributed by atoms with E-state index < -0.39 is 0 Å². The number of hydrogen-bond acceptors (Lipinski definition) is 2. The fraction of sp³-hybridized carbons (Fsp3) is 0.333. The van der Waals surface area contributed by atoms with E-state index in [9.17, 15) is 0 Å². The molecule has 92 valence electrons. The van der Waals surface area contributed by atoms with Gasteiger partial charge in [0, 0.05) is 27.6 Å². The number of benzene rings is 1. The summed E-state index contributed by atoms with van der Waals surface area (Å²) in [5, 5.41) is 1.70. The molecule has 1 aromatic carbocycles. The predicted molar refractivity (Wildman–Crippen MR) is 75.1 cm³/mol. The lowest BCUT2D eigenvalue weighted by Crippen LogP contribution is -2.19. The fourth-order valence-electron chi connectivity index (χ4n) is 1.59. The van der Waals surface area contributed by atoms with E-state index in [1.807, 2.05) is 32.4 Å². The third-order valence-electron chi connectivity index (χ3n) is 2.46. The van der Waals surface area contributed by atoms with Crippen LogP contribution >= 0.6 is 27.5 Å². The van der Waals surface area contributed by atoms with Crippen molar-refractivity contribution < 1.29 is 4.74 Å². The first kappa shape index (κ1) is 12.7. The van der Waals surface area contributed by atoms with E-state index in [1.165, 1.54) is 0 Å². The van der Waals surface area contributed by atoms with Crippen LogP contribution in [0.2, 0.25) is 5.02 Å². The van der Waals surface area contributed by atoms with E-state index in [0.29, 0.717) is 11.6 Å². The largest absolute Gasteiger partial charge is 0.490 e. The molecule has 0 aliphatic rings. The first-order valence-electron chi connectivity index (χ1n) is 5.31. The number of aromatic nitrogens is 1. The Hall–Kier alpha value is -0.710. The van der Waals surface area contributed by atoms with Crippen LogP contribution in [0, 0.1) is 0 Å². The molecule has 0 saturated heterocycles. The number of ether oxygens (including phenoxy) is 1. The molecule has 0 spiro atoms. The van der Waals surface area contributed by atoms with Crippen molar-refractivity contribution in [2.75, 3.05) is 27.2 Å². The molecule has 0 radical (unpaired) electrons. The number of likely N-dealkylation sites (N-methyl/N-ethyl adjacent to an activating group) is 1. The Morgan fingerprint density at radius 3 is 2.88 bits per heavy atom. The normalized spacial score (nSPS) is 11.4. The fourth-order valence-corrected chi connectivity index (χ4v) is 2.51. The average molecular weight is 318 g/mol. The van der Waals surface area contributed by atoms with Gasteiger partial charge in [-0.05, 0) is 42.2 Å². The maximum Gasteiger partial charge on any atom is 0.144 e. The minimum atomic E-state index is 0.657. The van der Waals surface area contributed by atoms with E-state index in [0.717, 1.165) is 27.7 Å². The summed E-state index contributed by atoms with van der Waals surface area (Å²) >= 11 is 9.50. The highest BCUT2D eigenvalue weighted by molar-refractivity contribution is 9.10. The van der Waals surface area contributed by atoms with Crippen LogP contribution in [0.4, 0.5) is 0 Å². The van der Waals surface area contributed by atoms with Crippen LogP contribution < -0.4 is 4.74 Å². The lowest BCUT2D eigenvalue weighted by atomic mass is 10.2. The molecule has 17 heavy (non-hydrogen) atoms. The Bertz CT molecular complexity index is 524. The molecule has 0 saturated carbocycles. The van der Waals surface area contributed by atoms with Gasteiger partial charge in [-0.3, -0.25) is 0 Å². The molecule has 0 atom stereocenters. The summed E-state index contributed by atoms with van der Waals surface area (Å²) in [6, 6.07) is 3.77. The number of aromatic amines is 1. The van der Waals surface area contributed by atoms with Crippen molar-refractivity contribution in [3.8, 4) is 5.75 Å². The van der Waals surface area contributed by atoms with Crippen LogP contribution in [0.5, 0.6) is 5.75 Å². The number of rotatable bonds is 4. The number of fused-ring (bicyclic) bond motifs is 1. The van der Waals surface area contributed by atoms with Crippen molar-refractivity contribution in [1.82, 2.24) is 9.88 Å². The minimum Gasteiger partial charge on any atom is -0.490 e.